The first-order valence-corrected chi connectivity index (χ1v) is 30.7. The van der Waals surface area contributed by atoms with Crippen LogP contribution < -0.4 is 31.9 Å². The Balaban J connectivity index is 0.000000236. The van der Waals surface area contributed by atoms with Gasteiger partial charge < -0.3 is 65.8 Å². The molecule has 0 aromatic rings. The Morgan fingerprint density at radius 3 is 1.41 bits per heavy atom. The molecule has 22 nitrogen and oxygen atoms in total. The minimum atomic E-state index is -1.37. The lowest BCUT2D eigenvalue weighted by Crippen LogP contribution is -2.61. The molecule has 4 heterocycles. The average molecular weight is 1160 g/mol. The van der Waals surface area contributed by atoms with Crippen LogP contribution in [0.5, 0.6) is 0 Å². The number of hydrogen-bond acceptors (Lipinski definition) is 14. The first-order chi connectivity index (χ1) is 38.4. The highest BCUT2D eigenvalue weighted by Gasteiger charge is 2.71. The van der Waals surface area contributed by atoms with Crippen molar-refractivity contribution in [1.29, 1.82) is 0 Å². The van der Waals surface area contributed by atoms with Crippen LogP contribution in [0.25, 0.3) is 0 Å². The minimum absolute atomic E-state index is 0.0305. The van der Waals surface area contributed by atoms with Gasteiger partial charge in [-0.05, 0) is 141 Å². The molecule has 8 aliphatic rings. The summed E-state index contributed by atoms with van der Waals surface area (Å²) < 4.78 is 22.9. The van der Waals surface area contributed by atoms with E-state index in [2.05, 4.69) is 59.6 Å². The zero-order valence-corrected chi connectivity index (χ0v) is 51.0. The Labute approximate surface area is 485 Å². The summed E-state index contributed by atoms with van der Waals surface area (Å²) in [6, 6.07) is -5.31. The van der Waals surface area contributed by atoms with Crippen LogP contribution in [0, 0.1) is 34.5 Å². The SMILES string of the molecule is C[C@@H]1OCCCCCCC[C@@H](C(=O)C(=O)NC2CC2)NC(=O)[C@@H]2[C@@H]3[C@H](CN2C(=O)[C@H]1NC(=O)OC(C)(C)C)C3(C)C.C[C@@H]1OCCCCCCC[C@@H](C(O)C(=O)NC2CC2)NC(=O)[C@@H]2[C@@H]3[C@H](CN2C(=O)[C@H]1NC(=O)OC(C)(C)C)C3(C)C. The predicted octanol–water partition coefficient (Wildman–Crippen LogP) is 4.70. The number of nitrogens with one attached hydrogen (secondary N) is 6. The predicted molar refractivity (Wildman–Crippen MR) is 302 cm³/mol. The second-order valence-electron chi connectivity index (χ2n) is 27.8. The van der Waals surface area contributed by atoms with Gasteiger partial charge in [-0.1, -0.05) is 79.1 Å². The van der Waals surface area contributed by atoms with E-state index in [1.165, 1.54) is 4.90 Å². The fourth-order valence-electron chi connectivity index (χ4n) is 12.8. The summed E-state index contributed by atoms with van der Waals surface area (Å²) in [6.45, 7) is 23.9. The number of ketones is 1. The summed E-state index contributed by atoms with van der Waals surface area (Å²) in [4.78, 5) is 123. The molecule has 82 heavy (non-hydrogen) atoms. The number of nitrogens with zero attached hydrogens (tertiary/aromatic N) is 2. The molecular formula is C60H98N8O14. The van der Waals surface area contributed by atoms with Crippen LogP contribution in [0.1, 0.15) is 186 Å². The number of Topliss-reactive ketones (excluding diaryl/α,β-unsaturated/α-hetero) is 1. The van der Waals surface area contributed by atoms with Crippen molar-refractivity contribution in [1.82, 2.24) is 41.7 Å². The van der Waals surface area contributed by atoms with Gasteiger partial charge in [-0.25, -0.2) is 9.59 Å². The van der Waals surface area contributed by atoms with Crippen LogP contribution in [-0.2, 0) is 52.5 Å². The van der Waals surface area contributed by atoms with Gasteiger partial charge in [-0.15, -0.1) is 0 Å². The molecule has 0 spiro atoms. The lowest BCUT2D eigenvalue weighted by molar-refractivity contribution is -0.146. The number of amides is 8. The summed E-state index contributed by atoms with van der Waals surface area (Å²) in [5.74, 6) is -3.34. The monoisotopic (exact) mass is 1150 g/mol. The average Bonchev–Trinajstić information content (AvgIpc) is 3.14. The van der Waals surface area contributed by atoms with Gasteiger partial charge in [0.05, 0.1) is 24.3 Å². The van der Waals surface area contributed by atoms with Crippen molar-refractivity contribution >= 4 is 53.4 Å². The van der Waals surface area contributed by atoms with Crippen LogP contribution in [0.2, 0.25) is 0 Å². The van der Waals surface area contributed by atoms with Crippen molar-refractivity contribution in [2.24, 2.45) is 34.5 Å². The summed E-state index contributed by atoms with van der Waals surface area (Å²) in [5, 5.41) is 27.8. The van der Waals surface area contributed by atoms with Gasteiger partial charge in [0.1, 0.15) is 35.4 Å². The normalized spacial score (nSPS) is 33.1. The van der Waals surface area contributed by atoms with Crippen LogP contribution in [-0.4, -0.2) is 172 Å². The molecule has 13 atom stereocenters. The van der Waals surface area contributed by atoms with Gasteiger partial charge in [0.2, 0.25) is 29.4 Å². The Morgan fingerprint density at radius 1 is 0.573 bits per heavy atom. The summed E-state index contributed by atoms with van der Waals surface area (Å²) in [6.07, 6.45) is 8.63. The van der Waals surface area contributed by atoms with Gasteiger partial charge in [0.25, 0.3) is 11.8 Å². The second kappa shape index (κ2) is 26.4. The molecule has 0 bridgehead atoms. The molecule has 4 saturated heterocycles. The van der Waals surface area contributed by atoms with E-state index in [1.807, 2.05) is 0 Å². The van der Waals surface area contributed by atoms with Crippen molar-refractivity contribution in [2.45, 2.75) is 264 Å². The number of piperidine rings is 2. The van der Waals surface area contributed by atoms with Gasteiger partial charge in [0, 0.05) is 38.4 Å². The molecule has 4 aliphatic carbocycles. The van der Waals surface area contributed by atoms with Crippen molar-refractivity contribution in [2.75, 3.05) is 26.3 Å². The third-order valence-corrected chi connectivity index (χ3v) is 18.1. The standard InChI is InChI=1S/C30H50N4O7.C30H48N4O7/c2*1-17-22(33-28(39)41-29(2,3)4)27(38)34-16-19-21(30(19,5)6)23(34)25(36)32-20(12-10-8-7-9-11-15-40-17)24(35)26(37)31-18-13-14-18/h17-24,35H,7-16H2,1-6H3,(H,31,37)(H,32,36)(H,33,39);17-23H,7-16H2,1-6H3,(H,31,37)(H,32,36)(H,33,39)/t17-,19-,20-,21-,22-,23-,24?;17-,19-,20-,21-,22-,23-/m00/s1. The summed E-state index contributed by atoms with van der Waals surface area (Å²) >= 11 is 0. The zero-order valence-electron chi connectivity index (χ0n) is 51.0. The van der Waals surface area contributed by atoms with Gasteiger partial charge in [-0.2, -0.15) is 0 Å². The van der Waals surface area contributed by atoms with E-state index in [-0.39, 0.29) is 52.5 Å². The maximum Gasteiger partial charge on any atom is 0.408 e. The highest BCUT2D eigenvalue weighted by Crippen LogP contribution is 2.66. The van der Waals surface area contributed by atoms with E-state index < -0.39 is 113 Å². The van der Waals surface area contributed by atoms with Gasteiger partial charge in [0.15, 0.2) is 6.10 Å². The van der Waals surface area contributed by atoms with Crippen molar-refractivity contribution in [3.63, 3.8) is 0 Å². The molecule has 0 radical (unpaired) electrons. The molecule has 8 amide bonds. The number of aliphatic hydroxyl groups is 1. The first kappa shape index (κ1) is 64.5. The van der Waals surface area contributed by atoms with Crippen LogP contribution in [0.15, 0.2) is 0 Å². The molecule has 4 saturated carbocycles. The van der Waals surface area contributed by atoms with E-state index >= 15 is 0 Å². The number of ether oxygens (including phenoxy) is 4. The number of hydrogen-bond donors (Lipinski definition) is 7. The molecule has 1 unspecified atom stereocenters. The fourth-order valence-corrected chi connectivity index (χ4v) is 12.8. The molecule has 462 valence electrons. The molecule has 7 N–H and O–H groups in total. The number of fused-ring (bicyclic) bond motifs is 6. The number of alkyl carbamates (subject to hydrolysis) is 2. The number of carbonyl (C=O) groups excluding carboxylic acids is 9. The highest BCUT2D eigenvalue weighted by molar-refractivity contribution is 6.38. The van der Waals surface area contributed by atoms with Crippen molar-refractivity contribution < 1.29 is 67.2 Å². The quantitative estimate of drug-likeness (QED) is 0.162. The van der Waals surface area contributed by atoms with Crippen molar-refractivity contribution in [3.8, 4) is 0 Å². The molecule has 4 aliphatic heterocycles. The topological polar surface area (TPSA) is 289 Å². The van der Waals surface area contributed by atoms with E-state index in [4.69, 9.17) is 18.9 Å². The maximum absolute atomic E-state index is 14.1. The van der Waals surface area contributed by atoms with E-state index in [9.17, 15) is 48.3 Å². The number of carbonyl (C=O) groups is 9. The van der Waals surface area contributed by atoms with Gasteiger partial charge >= 0.3 is 12.2 Å². The lowest BCUT2D eigenvalue weighted by atomic mass is 9.97. The lowest BCUT2D eigenvalue weighted by Gasteiger charge is -2.36. The maximum atomic E-state index is 14.1. The van der Waals surface area contributed by atoms with Gasteiger partial charge in [-0.3, -0.25) is 33.6 Å². The van der Waals surface area contributed by atoms with Crippen LogP contribution >= 0.6 is 0 Å². The summed E-state index contributed by atoms with van der Waals surface area (Å²) in [7, 11) is 0. The third-order valence-electron chi connectivity index (χ3n) is 18.1. The smallest absolute Gasteiger partial charge is 0.408 e. The second-order valence-corrected chi connectivity index (χ2v) is 27.8. The largest absolute Gasteiger partial charge is 0.444 e. The fraction of sp³-hybridized carbons (Fsp3) is 0.850. The first-order valence-electron chi connectivity index (χ1n) is 30.7. The summed E-state index contributed by atoms with van der Waals surface area (Å²) in [5.41, 5.74) is -1.80. The molecule has 0 aromatic carbocycles. The molecule has 8 rings (SSSR count). The van der Waals surface area contributed by atoms with Crippen LogP contribution in [0.3, 0.4) is 0 Å². The van der Waals surface area contributed by atoms with E-state index in [0.29, 0.717) is 45.6 Å². The third kappa shape index (κ3) is 16.6. The molecular weight excluding hydrogens is 1060 g/mol. The number of rotatable bonds is 8. The molecule has 22 heteroatoms. The zero-order chi connectivity index (χ0) is 60.2. The van der Waals surface area contributed by atoms with Crippen molar-refractivity contribution in [3.05, 3.63) is 0 Å². The van der Waals surface area contributed by atoms with E-state index in [1.54, 1.807) is 60.3 Å². The Hall–Kier alpha value is -5.09. The van der Waals surface area contributed by atoms with Crippen LogP contribution in [0.4, 0.5) is 9.59 Å². The minimum Gasteiger partial charge on any atom is -0.444 e. The molecule has 0 aromatic heterocycles. The van der Waals surface area contributed by atoms with E-state index in [0.717, 1.165) is 83.5 Å². The Morgan fingerprint density at radius 2 is 0.976 bits per heavy atom. The molecule has 8 fully saturated rings. The number of aliphatic hydroxyl groups excluding tert-OH is 1. The Kier molecular flexibility index (Phi) is 20.8. The Bertz CT molecular complexity index is 2340. The highest BCUT2D eigenvalue weighted by atomic mass is 16.6.